The molecule has 142 valence electrons. The second kappa shape index (κ2) is 6.99. The molecule has 0 saturated carbocycles. The summed E-state index contributed by atoms with van der Waals surface area (Å²) in [5.41, 5.74) is 1.40. The number of ether oxygens (including phenoxy) is 2. The van der Waals surface area contributed by atoms with Gasteiger partial charge >= 0.3 is 6.29 Å². The number of alkyl halides is 2. The van der Waals surface area contributed by atoms with E-state index in [-0.39, 0.29) is 28.0 Å². The zero-order valence-corrected chi connectivity index (χ0v) is 16.1. The number of benzene rings is 1. The normalized spacial score (nSPS) is 14.0. The minimum atomic E-state index is -3.69. The molecule has 6 nitrogen and oxygen atoms in total. The fraction of sp³-hybridized carbons (Fsp3) is 0.0556. The van der Waals surface area contributed by atoms with Gasteiger partial charge < -0.3 is 14.8 Å². The molecule has 0 fully saturated rings. The van der Waals surface area contributed by atoms with E-state index in [1.807, 2.05) is 0 Å². The van der Waals surface area contributed by atoms with Crippen LogP contribution in [0.4, 0.5) is 14.6 Å². The van der Waals surface area contributed by atoms with Crippen molar-refractivity contribution in [3.05, 3.63) is 64.0 Å². The number of amides is 1. The van der Waals surface area contributed by atoms with Gasteiger partial charge in [0.05, 0.1) is 5.56 Å². The van der Waals surface area contributed by atoms with E-state index >= 15 is 0 Å². The lowest BCUT2D eigenvalue weighted by Gasteiger charge is -2.08. The predicted octanol–water partition coefficient (Wildman–Crippen LogP) is 5.13. The first-order chi connectivity index (χ1) is 13.3. The maximum Gasteiger partial charge on any atom is 0.586 e. The van der Waals surface area contributed by atoms with E-state index in [1.165, 1.54) is 24.5 Å². The first-order valence-corrected chi connectivity index (χ1v) is 8.97. The highest BCUT2D eigenvalue weighted by molar-refractivity contribution is 9.10. The Labute approximate surface area is 170 Å². The molecule has 3 heterocycles. The number of nitrogens with one attached hydrogen (secondary N) is 1. The Morgan fingerprint density at radius 1 is 1.14 bits per heavy atom. The SMILES string of the molecule is O=C(Nc1ccc(-c2cc3c(cc2Br)OC(F)(F)O3)cn1)c1cccnc1Cl. The molecule has 3 aromatic rings. The number of carbonyl (C=O) groups excluding carboxylic acids is 1. The van der Waals surface area contributed by atoms with Gasteiger partial charge in [0.25, 0.3) is 5.91 Å². The van der Waals surface area contributed by atoms with Gasteiger partial charge in [0.2, 0.25) is 0 Å². The molecule has 0 bridgehead atoms. The second-order valence-electron chi connectivity index (χ2n) is 5.67. The third-order valence-electron chi connectivity index (χ3n) is 3.81. The summed E-state index contributed by atoms with van der Waals surface area (Å²) in [4.78, 5) is 20.3. The fourth-order valence-corrected chi connectivity index (χ4v) is 3.32. The monoisotopic (exact) mass is 467 g/mol. The van der Waals surface area contributed by atoms with Gasteiger partial charge in [-0.15, -0.1) is 8.78 Å². The van der Waals surface area contributed by atoms with Crippen LogP contribution < -0.4 is 14.8 Å². The van der Waals surface area contributed by atoms with E-state index in [9.17, 15) is 13.6 Å². The van der Waals surface area contributed by atoms with Gasteiger partial charge in [0, 0.05) is 28.0 Å². The zero-order valence-electron chi connectivity index (χ0n) is 13.7. The van der Waals surface area contributed by atoms with Gasteiger partial charge in [-0.2, -0.15) is 0 Å². The molecule has 2 aromatic heterocycles. The van der Waals surface area contributed by atoms with Crippen LogP contribution >= 0.6 is 27.5 Å². The summed E-state index contributed by atoms with van der Waals surface area (Å²) in [6.07, 6.45) is -0.730. The van der Waals surface area contributed by atoms with E-state index in [4.69, 9.17) is 11.6 Å². The molecule has 10 heteroatoms. The van der Waals surface area contributed by atoms with Gasteiger partial charge in [-0.3, -0.25) is 4.79 Å². The second-order valence-corrected chi connectivity index (χ2v) is 6.89. The molecule has 0 atom stereocenters. The highest BCUT2D eigenvalue weighted by Crippen LogP contribution is 2.46. The summed E-state index contributed by atoms with van der Waals surface area (Å²) in [6, 6.07) is 9.20. The van der Waals surface area contributed by atoms with Crippen molar-refractivity contribution in [1.29, 1.82) is 0 Å². The van der Waals surface area contributed by atoms with Gasteiger partial charge in [0.1, 0.15) is 11.0 Å². The summed E-state index contributed by atoms with van der Waals surface area (Å²) in [5.74, 6) is -0.306. The van der Waals surface area contributed by atoms with Gasteiger partial charge in [-0.05, 0) is 36.4 Å². The zero-order chi connectivity index (χ0) is 19.9. The number of pyridine rings is 2. The quantitative estimate of drug-likeness (QED) is 0.539. The lowest BCUT2D eigenvalue weighted by atomic mass is 10.1. The average Bonchev–Trinajstić information content (AvgIpc) is 2.95. The summed E-state index contributed by atoms with van der Waals surface area (Å²) in [5, 5.41) is 2.70. The molecule has 0 saturated heterocycles. The fourth-order valence-electron chi connectivity index (χ4n) is 2.56. The molecular formula is C18H9BrClF2N3O3. The van der Waals surface area contributed by atoms with Crippen molar-refractivity contribution in [3.63, 3.8) is 0 Å². The van der Waals surface area contributed by atoms with Crippen LogP contribution in [-0.4, -0.2) is 22.2 Å². The predicted molar refractivity (Wildman–Crippen MR) is 101 cm³/mol. The number of nitrogens with zero attached hydrogens (tertiary/aromatic N) is 2. The minimum absolute atomic E-state index is 0.0641. The molecule has 1 aliphatic heterocycles. The van der Waals surface area contributed by atoms with Crippen LogP contribution in [0.2, 0.25) is 5.15 Å². The van der Waals surface area contributed by atoms with Crippen LogP contribution in [0.25, 0.3) is 11.1 Å². The topological polar surface area (TPSA) is 73.3 Å². The molecule has 1 N–H and O–H groups in total. The van der Waals surface area contributed by atoms with Gasteiger partial charge in [-0.25, -0.2) is 9.97 Å². The maximum atomic E-state index is 13.2. The highest BCUT2D eigenvalue weighted by Gasteiger charge is 2.43. The maximum absolute atomic E-state index is 13.2. The summed E-state index contributed by atoms with van der Waals surface area (Å²) in [7, 11) is 0. The largest absolute Gasteiger partial charge is 0.586 e. The third-order valence-corrected chi connectivity index (χ3v) is 4.77. The first kappa shape index (κ1) is 18.6. The Kier molecular flexibility index (Phi) is 4.64. The van der Waals surface area contributed by atoms with Crippen LogP contribution in [0.3, 0.4) is 0 Å². The van der Waals surface area contributed by atoms with Crippen molar-refractivity contribution in [2.24, 2.45) is 0 Å². The van der Waals surface area contributed by atoms with Gasteiger partial charge in [0.15, 0.2) is 11.5 Å². The Bertz CT molecular complexity index is 1080. The number of rotatable bonds is 3. The molecule has 1 amide bonds. The van der Waals surface area contributed by atoms with E-state index in [0.29, 0.717) is 15.6 Å². The summed E-state index contributed by atoms with van der Waals surface area (Å²) in [6.45, 7) is 0. The molecule has 1 aliphatic rings. The van der Waals surface area contributed by atoms with Crippen molar-refractivity contribution >= 4 is 39.3 Å². The van der Waals surface area contributed by atoms with E-state index < -0.39 is 12.2 Å². The van der Waals surface area contributed by atoms with Crippen molar-refractivity contribution in [1.82, 2.24) is 9.97 Å². The number of anilines is 1. The number of hydrogen-bond donors (Lipinski definition) is 1. The molecule has 4 rings (SSSR count). The van der Waals surface area contributed by atoms with Crippen molar-refractivity contribution in [3.8, 4) is 22.6 Å². The number of aromatic nitrogens is 2. The summed E-state index contributed by atoms with van der Waals surface area (Å²) >= 11 is 9.22. The summed E-state index contributed by atoms with van der Waals surface area (Å²) < 4.78 is 35.9. The Morgan fingerprint density at radius 3 is 2.57 bits per heavy atom. The molecule has 28 heavy (non-hydrogen) atoms. The van der Waals surface area contributed by atoms with Crippen LogP contribution in [0.15, 0.2) is 53.3 Å². The molecule has 0 aliphatic carbocycles. The van der Waals surface area contributed by atoms with Crippen LogP contribution in [-0.2, 0) is 0 Å². The number of carbonyl (C=O) groups is 1. The van der Waals surface area contributed by atoms with Crippen LogP contribution in [0.5, 0.6) is 11.5 Å². The minimum Gasteiger partial charge on any atom is -0.395 e. The van der Waals surface area contributed by atoms with Crippen molar-refractivity contribution in [2.75, 3.05) is 5.32 Å². The smallest absolute Gasteiger partial charge is 0.395 e. The average molecular weight is 469 g/mol. The molecular weight excluding hydrogens is 460 g/mol. The van der Waals surface area contributed by atoms with Crippen LogP contribution in [0, 0.1) is 0 Å². The van der Waals surface area contributed by atoms with E-state index in [1.54, 1.807) is 24.3 Å². The van der Waals surface area contributed by atoms with E-state index in [0.717, 1.165) is 0 Å². The standard InChI is InChI=1S/C18H9BrClF2N3O3/c19-12-7-14-13(27-18(21,22)28-14)6-11(12)9-3-4-15(24-8-9)25-17(26)10-2-1-5-23-16(10)20/h1-8H,(H,24,25,26). The Morgan fingerprint density at radius 2 is 1.89 bits per heavy atom. The lowest BCUT2D eigenvalue weighted by Crippen LogP contribution is -2.25. The van der Waals surface area contributed by atoms with Gasteiger partial charge in [-0.1, -0.05) is 27.5 Å². The molecule has 1 aromatic carbocycles. The van der Waals surface area contributed by atoms with E-state index in [2.05, 4.69) is 40.7 Å². The number of fused-ring (bicyclic) bond motifs is 1. The Hall–Kier alpha value is -2.78. The molecule has 0 radical (unpaired) electrons. The third kappa shape index (κ3) is 3.63. The first-order valence-electron chi connectivity index (χ1n) is 7.80. The lowest BCUT2D eigenvalue weighted by molar-refractivity contribution is -0.286. The van der Waals surface area contributed by atoms with Crippen molar-refractivity contribution in [2.45, 2.75) is 6.29 Å². The number of halogens is 4. The molecule has 0 spiro atoms. The number of hydrogen-bond acceptors (Lipinski definition) is 5. The van der Waals surface area contributed by atoms with Crippen LogP contribution in [0.1, 0.15) is 10.4 Å². The highest BCUT2D eigenvalue weighted by atomic mass is 79.9. The van der Waals surface area contributed by atoms with Crippen molar-refractivity contribution < 1.29 is 23.0 Å². The molecule has 0 unspecified atom stereocenters. The Balaban J connectivity index is 1.56.